The summed E-state index contributed by atoms with van der Waals surface area (Å²) in [6.07, 6.45) is 11.3. The standard InChI is InChI=1S/C15H30N2/c1-3-9-14(16-4-2)15(10-5-6-11-15)17-12-7-8-13-17/h14,16H,3-13H2,1-2H3. The molecule has 1 aliphatic carbocycles. The SMILES string of the molecule is CCCC(NCC)C1(N2CCCC2)CCCC1. The van der Waals surface area contributed by atoms with Crippen LogP contribution in [0.4, 0.5) is 0 Å². The van der Waals surface area contributed by atoms with Gasteiger partial charge in [0.15, 0.2) is 0 Å². The number of hydrogen-bond acceptors (Lipinski definition) is 2. The summed E-state index contributed by atoms with van der Waals surface area (Å²) < 4.78 is 0. The van der Waals surface area contributed by atoms with Gasteiger partial charge in [0, 0.05) is 11.6 Å². The second-order valence-corrected chi connectivity index (χ2v) is 5.90. The van der Waals surface area contributed by atoms with Crippen LogP contribution in [0.15, 0.2) is 0 Å². The van der Waals surface area contributed by atoms with E-state index in [-0.39, 0.29) is 0 Å². The molecule has 0 aromatic heterocycles. The highest BCUT2D eigenvalue weighted by Crippen LogP contribution is 2.41. The Morgan fingerprint density at radius 1 is 1.06 bits per heavy atom. The lowest BCUT2D eigenvalue weighted by Crippen LogP contribution is -2.59. The molecule has 1 aliphatic heterocycles. The second kappa shape index (κ2) is 6.19. The fraction of sp³-hybridized carbons (Fsp3) is 1.00. The Hall–Kier alpha value is -0.0800. The molecular formula is C15H30N2. The van der Waals surface area contributed by atoms with E-state index in [0.29, 0.717) is 5.54 Å². The average Bonchev–Trinajstić information content (AvgIpc) is 3.00. The summed E-state index contributed by atoms with van der Waals surface area (Å²) in [6, 6.07) is 0.734. The van der Waals surface area contributed by atoms with Crippen LogP contribution in [0.5, 0.6) is 0 Å². The number of likely N-dealkylation sites (tertiary alicyclic amines) is 1. The fourth-order valence-corrected chi connectivity index (χ4v) is 4.13. The molecule has 2 rings (SSSR count). The lowest BCUT2D eigenvalue weighted by molar-refractivity contribution is 0.0733. The van der Waals surface area contributed by atoms with Crippen molar-refractivity contribution >= 4 is 0 Å². The quantitative estimate of drug-likeness (QED) is 0.764. The highest BCUT2D eigenvalue weighted by Gasteiger charge is 2.45. The van der Waals surface area contributed by atoms with Gasteiger partial charge in [-0.05, 0) is 51.7 Å². The van der Waals surface area contributed by atoms with Crippen LogP contribution >= 0.6 is 0 Å². The summed E-state index contributed by atoms with van der Waals surface area (Å²) in [6.45, 7) is 8.42. The summed E-state index contributed by atoms with van der Waals surface area (Å²) in [5, 5.41) is 3.80. The molecule has 0 aromatic carbocycles. The summed E-state index contributed by atoms with van der Waals surface area (Å²) in [4.78, 5) is 2.84. The molecule has 0 bridgehead atoms. The monoisotopic (exact) mass is 238 g/mol. The fourth-order valence-electron chi connectivity index (χ4n) is 4.13. The van der Waals surface area contributed by atoms with Crippen LogP contribution in [-0.4, -0.2) is 36.1 Å². The van der Waals surface area contributed by atoms with Gasteiger partial charge in [-0.15, -0.1) is 0 Å². The van der Waals surface area contributed by atoms with Crippen molar-refractivity contribution in [2.45, 2.75) is 76.8 Å². The van der Waals surface area contributed by atoms with Crippen LogP contribution in [0.3, 0.4) is 0 Å². The maximum Gasteiger partial charge on any atom is 0.0362 e. The predicted octanol–water partition coefficient (Wildman–Crippen LogP) is 3.17. The van der Waals surface area contributed by atoms with E-state index in [1.54, 1.807) is 0 Å². The Bertz CT molecular complexity index is 209. The van der Waals surface area contributed by atoms with E-state index in [1.165, 1.54) is 64.5 Å². The van der Waals surface area contributed by atoms with Crippen LogP contribution in [-0.2, 0) is 0 Å². The number of likely N-dealkylation sites (N-methyl/N-ethyl adjacent to an activating group) is 1. The van der Waals surface area contributed by atoms with Gasteiger partial charge in [-0.25, -0.2) is 0 Å². The molecule has 100 valence electrons. The van der Waals surface area contributed by atoms with Gasteiger partial charge >= 0.3 is 0 Å². The van der Waals surface area contributed by atoms with E-state index < -0.39 is 0 Å². The molecule has 1 atom stereocenters. The number of rotatable bonds is 6. The molecule has 1 heterocycles. The normalized spacial score (nSPS) is 26.5. The molecule has 0 spiro atoms. The van der Waals surface area contributed by atoms with Crippen LogP contribution in [0.1, 0.15) is 65.2 Å². The molecule has 2 aliphatic rings. The summed E-state index contributed by atoms with van der Waals surface area (Å²) >= 11 is 0. The molecule has 0 radical (unpaired) electrons. The minimum absolute atomic E-state index is 0.516. The Kier molecular flexibility index (Phi) is 4.87. The summed E-state index contributed by atoms with van der Waals surface area (Å²) in [7, 11) is 0. The molecule has 17 heavy (non-hydrogen) atoms. The number of hydrogen-bond donors (Lipinski definition) is 1. The third-order valence-corrected chi connectivity index (χ3v) is 4.88. The first-order valence-corrected chi connectivity index (χ1v) is 7.82. The Morgan fingerprint density at radius 3 is 2.24 bits per heavy atom. The van der Waals surface area contributed by atoms with Crippen LogP contribution in [0.2, 0.25) is 0 Å². The molecule has 2 fully saturated rings. The first-order chi connectivity index (χ1) is 8.33. The van der Waals surface area contributed by atoms with Crippen LogP contribution in [0.25, 0.3) is 0 Å². The molecule has 2 heteroatoms. The van der Waals surface area contributed by atoms with Gasteiger partial charge < -0.3 is 5.32 Å². The smallest absolute Gasteiger partial charge is 0.0362 e. The summed E-state index contributed by atoms with van der Waals surface area (Å²) in [5.41, 5.74) is 0.516. The maximum absolute atomic E-state index is 3.80. The van der Waals surface area contributed by atoms with Crippen molar-refractivity contribution in [2.75, 3.05) is 19.6 Å². The lowest BCUT2D eigenvalue weighted by atomic mass is 9.83. The van der Waals surface area contributed by atoms with Gasteiger partial charge in [0.2, 0.25) is 0 Å². The highest BCUT2D eigenvalue weighted by atomic mass is 15.2. The molecular weight excluding hydrogens is 208 g/mol. The van der Waals surface area contributed by atoms with Gasteiger partial charge in [0.25, 0.3) is 0 Å². The minimum atomic E-state index is 0.516. The molecule has 2 nitrogen and oxygen atoms in total. The van der Waals surface area contributed by atoms with E-state index in [0.717, 1.165) is 12.6 Å². The van der Waals surface area contributed by atoms with Crippen LogP contribution in [0, 0.1) is 0 Å². The minimum Gasteiger partial charge on any atom is -0.312 e. The highest BCUT2D eigenvalue weighted by molar-refractivity contribution is 5.04. The molecule has 1 unspecified atom stereocenters. The van der Waals surface area contributed by atoms with Crippen molar-refractivity contribution in [3.8, 4) is 0 Å². The third kappa shape index (κ3) is 2.68. The second-order valence-electron chi connectivity index (χ2n) is 5.90. The predicted molar refractivity (Wildman–Crippen MR) is 74.4 cm³/mol. The topological polar surface area (TPSA) is 15.3 Å². The maximum atomic E-state index is 3.80. The average molecular weight is 238 g/mol. The van der Waals surface area contributed by atoms with Crippen molar-refractivity contribution in [3.05, 3.63) is 0 Å². The van der Waals surface area contributed by atoms with Gasteiger partial charge in [-0.3, -0.25) is 4.90 Å². The van der Waals surface area contributed by atoms with E-state index in [1.807, 2.05) is 0 Å². The Balaban J connectivity index is 2.12. The van der Waals surface area contributed by atoms with E-state index >= 15 is 0 Å². The first kappa shape index (κ1) is 13.4. The van der Waals surface area contributed by atoms with E-state index in [4.69, 9.17) is 0 Å². The van der Waals surface area contributed by atoms with Gasteiger partial charge in [-0.2, -0.15) is 0 Å². The molecule has 1 saturated carbocycles. The summed E-state index contributed by atoms with van der Waals surface area (Å²) in [5.74, 6) is 0. The van der Waals surface area contributed by atoms with E-state index in [9.17, 15) is 0 Å². The van der Waals surface area contributed by atoms with Gasteiger partial charge in [-0.1, -0.05) is 33.1 Å². The molecule has 0 amide bonds. The molecule has 1 N–H and O–H groups in total. The first-order valence-electron chi connectivity index (χ1n) is 7.82. The molecule has 1 saturated heterocycles. The van der Waals surface area contributed by atoms with Crippen molar-refractivity contribution in [3.63, 3.8) is 0 Å². The van der Waals surface area contributed by atoms with Crippen LogP contribution < -0.4 is 5.32 Å². The zero-order valence-corrected chi connectivity index (χ0v) is 11.8. The van der Waals surface area contributed by atoms with Crippen molar-refractivity contribution in [1.29, 1.82) is 0 Å². The Morgan fingerprint density at radius 2 is 1.71 bits per heavy atom. The zero-order valence-electron chi connectivity index (χ0n) is 11.8. The van der Waals surface area contributed by atoms with E-state index in [2.05, 4.69) is 24.1 Å². The van der Waals surface area contributed by atoms with Crippen molar-refractivity contribution in [1.82, 2.24) is 10.2 Å². The number of nitrogens with one attached hydrogen (secondary N) is 1. The van der Waals surface area contributed by atoms with Crippen molar-refractivity contribution < 1.29 is 0 Å². The Labute approximate surface area is 107 Å². The van der Waals surface area contributed by atoms with Crippen molar-refractivity contribution in [2.24, 2.45) is 0 Å². The zero-order chi connectivity index (χ0) is 12.1. The number of nitrogens with zero attached hydrogens (tertiary/aromatic N) is 1. The molecule has 0 aromatic rings. The van der Waals surface area contributed by atoms with Gasteiger partial charge in [0.1, 0.15) is 0 Å². The lowest BCUT2D eigenvalue weighted by Gasteiger charge is -2.45. The van der Waals surface area contributed by atoms with Gasteiger partial charge in [0.05, 0.1) is 0 Å². The third-order valence-electron chi connectivity index (χ3n) is 4.88. The largest absolute Gasteiger partial charge is 0.312 e.